The summed E-state index contributed by atoms with van der Waals surface area (Å²) in [4.78, 5) is 30.3. The molecule has 0 saturated carbocycles. The van der Waals surface area contributed by atoms with Crippen LogP contribution in [0.2, 0.25) is 0 Å². The number of nitrogens with zero attached hydrogens (tertiary/aromatic N) is 5. The molecule has 10 heteroatoms. The summed E-state index contributed by atoms with van der Waals surface area (Å²) in [5.41, 5.74) is -0.399. The van der Waals surface area contributed by atoms with Gasteiger partial charge in [0.05, 0.1) is 6.54 Å². The Balaban J connectivity index is 1.82. The van der Waals surface area contributed by atoms with Gasteiger partial charge in [0.25, 0.3) is 0 Å². The third-order valence-corrected chi connectivity index (χ3v) is 5.52. The van der Waals surface area contributed by atoms with Gasteiger partial charge >= 0.3 is 0 Å². The van der Waals surface area contributed by atoms with Crippen LogP contribution in [0.25, 0.3) is 11.6 Å². The second-order valence-electron chi connectivity index (χ2n) is 8.70. The number of aromatic nitrogens is 4. The van der Waals surface area contributed by atoms with E-state index in [1.807, 2.05) is 58.2 Å². The zero-order valence-electron chi connectivity index (χ0n) is 19.2. The Labute approximate surface area is 191 Å². The van der Waals surface area contributed by atoms with Gasteiger partial charge in [0.2, 0.25) is 17.6 Å². The highest BCUT2D eigenvalue weighted by molar-refractivity contribution is 7.09. The van der Waals surface area contributed by atoms with E-state index in [0.717, 1.165) is 17.1 Å². The Kier molecular flexibility index (Phi) is 7.44. The molecule has 0 unspecified atom stereocenters. The van der Waals surface area contributed by atoms with Crippen LogP contribution in [-0.2, 0) is 22.7 Å². The van der Waals surface area contributed by atoms with Gasteiger partial charge in [-0.1, -0.05) is 19.4 Å². The van der Waals surface area contributed by atoms with Gasteiger partial charge in [-0.3, -0.25) is 9.59 Å². The number of carbonyl (C=O) groups is 2. The molecule has 0 aliphatic carbocycles. The first-order chi connectivity index (χ1) is 15.2. The first-order valence-corrected chi connectivity index (χ1v) is 11.5. The number of nitrogens with one attached hydrogen (secondary N) is 1. The van der Waals surface area contributed by atoms with Gasteiger partial charge in [0.15, 0.2) is 5.76 Å². The monoisotopic (exact) mass is 458 g/mol. The van der Waals surface area contributed by atoms with Crippen molar-refractivity contribution in [3.63, 3.8) is 0 Å². The molecule has 9 nitrogen and oxygen atoms in total. The highest BCUT2D eigenvalue weighted by Gasteiger charge is 2.32. The Morgan fingerprint density at radius 1 is 1.28 bits per heavy atom. The molecule has 172 valence electrons. The fourth-order valence-corrected chi connectivity index (χ4v) is 3.98. The topological polar surface area (TPSA) is 106 Å². The lowest BCUT2D eigenvalue weighted by atomic mass is 10.0. The van der Waals surface area contributed by atoms with Crippen molar-refractivity contribution in [3.8, 4) is 11.6 Å². The number of furan rings is 1. The maximum Gasteiger partial charge on any atom is 0.247 e. The molecule has 32 heavy (non-hydrogen) atoms. The first-order valence-electron chi connectivity index (χ1n) is 10.6. The predicted molar refractivity (Wildman–Crippen MR) is 122 cm³/mol. The van der Waals surface area contributed by atoms with Gasteiger partial charge in [0.1, 0.15) is 18.3 Å². The minimum atomic E-state index is -0.593. The average molecular weight is 459 g/mol. The summed E-state index contributed by atoms with van der Waals surface area (Å²) >= 11 is 1.55. The molecule has 0 aliphatic heterocycles. The summed E-state index contributed by atoms with van der Waals surface area (Å²) in [5.74, 6) is 1.13. The van der Waals surface area contributed by atoms with Crippen molar-refractivity contribution in [2.75, 3.05) is 0 Å². The predicted octanol–water partition coefficient (Wildman–Crippen LogP) is 3.42. The molecule has 3 heterocycles. The van der Waals surface area contributed by atoms with Crippen LogP contribution in [0, 0.1) is 6.92 Å². The second-order valence-corrected chi connectivity index (χ2v) is 9.73. The molecule has 0 radical (unpaired) electrons. The first kappa shape index (κ1) is 23.6. The molecule has 1 atom stereocenters. The molecule has 0 saturated heterocycles. The molecule has 0 aromatic carbocycles. The van der Waals surface area contributed by atoms with Crippen molar-refractivity contribution < 1.29 is 14.0 Å². The van der Waals surface area contributed by atoms with E-state index in [1.54, 1.807) is 22.3 Å². The number of hydrogen-bond acceptors (Lipinski definition) is 7. The van der Waals surface area contributed by atoms with Crippen LogP contribution in [0.1, 0.15) is 51.2 Å². The van der Waals surface area contributed by atoms with Crippen molar-refractivity contribution in [2.24, 2.45) is 0 Å². The number of thiophene rings is 1. The van der Waals surface area contributed by atoms with E-state index >= 15 is 0 Å². The number of amides is 2. The zero-order chi connectivity index (χ0) is 23.3. The Bertz CT molecular complexity index is 1030. The van der Waals surface area contributed by atoms with E-state index in [-0.39, 0.29) is 18.4 Å². The largest absolute Gasteiger partial charge is 0.458 e. The average Bonchev–Trinajstić information content (AvgIpc) is 3.45. The summed E-state index contributed by atoms with van der Waals surface area (Å²) in [6, 6.07) is 6.87. The molecule has 3 aromatic heterocycles. The fourth-order valence-electron chi connectivity index (χ4n) is 3.27. The lowest BCUT2D eigenvalue weighted by Gasteiger charge is -2.33. The molecular weight excluding hydrogens is 428 g/mol. The van der Waals surface area contributed by atoms with E-state index in [1.165, 1.54) is 4.80 Å². The minimum Gasteiger partial charge on any atom is -0.458 e. The number of tetrazole rings is 1. The van der Waals surface area contributed by atoms with Gasteiger partial charge in [-0.25, -0.2) is 0 Å². The van der Waals surface area contributed by atoms with Crippen molar-refractivity contribution in [2.45, 2.75) is 72.1 Å². The maximum atomic E-state index is 13.4. The van der Waals surface area contributed by atoms with Gasteiger partial charge in [-0.15, -0.1) is 21.5 Å². The van der Waals surface area contributed by atoms with Crippen LogP contribution < -0.4 is 5.32 Å². The zero-order valence-corrected chi connectivity index (χ0v) is 20.0. The Morgan fingerprint density at radius 3 is 2.66 bits per heavy atom. The summed E-state index contributed by atoms with van der Waals surface area (Å²) in [5, 5.41) is 17.2. The second kappa shape index (κ2) is 10.1. The molecule has 3 rings (SSSR count). The van der Waals surface area contributed by atoms with Crippen LogP contribution in [0.15, 0.2) is 34.1 Å². The van der Waals surface area contributed by atoms with Crippen LogP contribution in [0.3, 0.4) is 0 Å². The third kappa shape index (κ3) is 6.25. The molecule has 1 N–H and O–H groups in total. The van der Waals surface area contributed by atoms with E-state index in [4.69, 9.17) is 4.42 Å². The number of carbonyl (C=O) groups excluding carboxylic acids is 2. The molecule has 3 aromatic rings. The van der Waals surface area contributed by atoms with Crippen LogP contribution >= 0.6 is 11.3 Å². The minimum absolute atomic E-state index is 0.124. The molecule has 0 spiro atoms. The van der Waals surface area contributed by atoms with Crippen LogP contribution in [-0.4, -0.2) is 48.5 Å². The van der Waals surface area contributed by atoms with Crippen molar-refractivity contribution in [1.82, 2.24) is 30.4 Å². The van der Waals surface area contributed by atoms with Crippen LogP contribution in [0.5, 0.6) is 0 Å². The summed E-state index contributed by atoms with van der Waals surface area (Å²) < 4.78 is 5.53. The highest BCUT2D eigenvalue weighted by atomic mass is 32.1. The van der Waals surface area contributed by atoms with E-state index in [2.05, 4.69) is 20.7 Å². The SMILES string of the molecule is CCC[C@@H](C(=O)NC(C)(C)C)N(Cc1cccs1)C(=O)Cn1nnc(-c2ccc(C)o2)n1. The Morgan fingerprint density at radius 2 is 2.06 bits per heavy atom. The normalized spacial score (nSPS) is 12.5. The van der Waals surface area contributed by atoms with Gasteiger partial charge < -0.3 is 14.6 Å². The summed E-state index contributed by atoms with van der Waals surface area (Å²) in [6.45, 7) is 9.83. The van der Waals surface area contributed by atoms with E-state index < -0.39 is 11.6 Å². The van der Waals surface area contributed by atoms with Gasteiger partial charge in [-0.2, -0.15) is 4.80 Å². The van der Waals surface area contributed by atoms with E-state index in [0.29, 0.717) is 24.6 Å². The standard InChI is InChI=1S/C22H30N6O3S/c1-6-8-17(21(30)23-22(3,4)5)27(13-16-9-7-12-32-16)19(29)14-28-25-20(24-26-28)18-11-10-15(2)31-18/h7,9-12,17H,6,8,13-14H2,1-5H3,(H,23,30)/t17-/m0/s1. The number of rotatable bonds is 9. The van der Waals surface area contributed by atoms with Crippen molar-refractivity contribution in [1.29, 1.82) is 0 Å². The van der Waals surface area contributed by atoms with Crippen LogP contribution in [0.4, 0.5) is 0 Å². The van der Waals surface area contributed by atoms with Crippen molar-refractivity contribution >= 4 is 23.2 Å². The summed E-state index contributed by atoms with van der Waals surface area (Å²) in [6.07, 6.45) is 1.32. The molecule has 0 aliphatic rings. The lowest BCUT2D eigenvalue weighted by molar-refractivity contribution is -0.143. The lowest BCUT2D eigenvalue weighted by Crippen LogP contribution is -2.54. The van der Waals surface area contributed by atoms with E-state index in [9.17, 15) is 9.59 Å². The summed E-state index contributed by atoms with van der Waals surface area (Å²) in [7, 11) is 0. The quantitative estimate of drug-likeness (QED) is 0.527. The molecule has 0 fully saturated rings. The Hall–Kier alpha value is -3.01. The van der Waals surface area contributed by atoms with Crippen molar-refractivity contribution in [3.05, 3.63) is 40.3 Å². The third-order valence-electron chi connectivity index (χ3n) is 4.66. The molecular formula is C22H30N6O3S. The smallest absolute Gasteiger partial charge is 0.247 e. The highest BCUT2D eigenvalue weighted by Crippen LogP contribution is 2.19. The number of aryl methyl sites for hydroxylation is 1. The van der Waals surface area contributed by atoms with Gasteiger partial charge in [-0.05, 0) is 62.9 Å². The number of hydrogen-bond donors (Lipinski definition) is 1. The van der Waals surface area contributed by atoms with Gasteiger partial charge in [0, 0.05) is 10.4 Å². The molecule has 2 amide bonds. The fraction of sp³-hybridized carbons (Fsp3) is 0.500. The maximum absolute atomic E-state index is 13.4. The molecule has 0 bridgehead atoms.